The van der Waals surface area contributed by atoms with E-state index < -0.39 is 0 Å². The largest absolute Gasteiger partial charge is 0.327 e. The molecule has 1 aliphatic heterocycles. The Kier molecular flexibility index (Phi) is 4.74. The minimum atomic E-state index is 0.387. The zero-order valence-electron chi connectivity index (χ0n) is 9.13. The number of nitrogens with zero attached hydrogens (tertiary/aromatic N) is 1. The summed E-state index contributed by atoms with van der Waals surface area (Å²) in [7, 11) is 0. The number of hydrogen-bond acceptors (Lipinski definition) is 2. The first-order chi connectivity index (χ1) is 6.18. The maximum absolute atomic E-state index is 6.06. The van der Waals surface area contributed by atoms with Gasteiger partial charge in [-0.15, -0.1) is 0 Å². The van der Waals surface area contributed by atoms with Crippen molar-refractivity contribution in [1.82, 2.24) is 4.90 Å². The van der Waals surface area contributed by atoms with Gasteiger partial charge >= 0.3 is 0 Å². The van der Waals surface area contributed by atoms with Crippen molar-refractivity contribution in [3.8, 4) is 0 Å². The van der Waals surface area contributed by atoms with Gasteiger partial charge in [0, 0.05) is 12.6 Å². The summed E-state index contributed by atoms with van der Waals surface area (Å²) in [6, 6.07) is 0.387. The average molecular weight is 184 g/mol. The molecule has 2 nitrogen and oxygen atoms in total. The molecule has 1 atom stereocenters. The van der Waals surface area contributed by atoms with Gasteiger partial charge < -0.3 is 10.6 Å². The quantitative estimate of drug-likeness (QED) is 0.722. The Morgan fingerprint density at radius 1 is 1.15 bits per heavy atom. The Labute approximate surface area is 82.5 Å². The minimum absolute atomic E-state index is 0.387. The second kappa shape index (κ2) is 5.61. The van der Waals surface area contributed by atoms with Crippen LogP contribution in [0.25, 0.3) is 0 Å². The van der Waals surface area contributed by atoms with Crippen molar-refractivity contribution < 1.29 is 0 Å². The van der Waals surface area contributed by atoms with Crippen LogP contribution in [0.3, 0.4) is 0 Å². The molecule has 0 spiro atoms. The lowest BCUT2D eigenvalue weighted by atomic mass is 10.0. The summed E-state index contributed by atoms with van der Waals surface area (Å²) in [5.74, 6) is 0.736. The van der Waals surface area contributed by atoms with Crippen molar-refractivity contribution >= 4 is 0 Å². The standard InChI is InChI=1S/C11H24N2/c1-10(2)8-11(12)9-13-6-4-3-5-7-13/h10-11H,3-9,12H2,1-2H3. The highest BCUT2D eigenvalue weighted by Gasteiger charge is 2.14. The zero-order chi connectivity index (χ0) is 9.68. The highest BCUT2D eigenvalue weighted by molar-refractivity contribution is 4.72. The molecule has 1 heterocycles. The van der Waals surface area contributed by atoms with Crippen LogP contribution in [0.15, 0.2) is 0 Å². The maximum Gasteiger partial charge on any atom is 0.0170 e. The van der Waals surface area contributed by atoms with Gasteiger partial charge in [-0.25, -0.2) is 0 Å². The SMILES string of the molecule is CC(C)CC(N)CN1CCCCC1. The number of nitrogens with two attached hydrogens (primary N) is 1. The Balaban J connectivity index is 2.14. The van der Waals surface area contributed by atoms with Gasteiger partial charge in [0.05, 0.1) is 0 Å². The molecule has 78 valence electrons. The van der Waals surface area contributed by atoms with Crippen LogP contribution in [0.4, 0.5) is 0 Å². The molecule has 0 radical (unpaired) electrons. The third-order valence-corrected chi connectivity index (χ3v) is 2.72. The average Bonchev–Trinajstić information content (AvgIpc) is 2.04. The first kappa shape index (κ1) is 11.0. The van der Waals surface area contributed by atoms with Crippen LogP contribution < -0.4 is 5.73 Å². The Morgan fingerprint density at radius 2 is 1.77 bits per heavy atom. The number of likely N-dealkylation sites (tertiary alicyclic amines) is 1. The van der Waals surface area contributed by atoms with E-state index in [4.69, 9.17) is 5.73 Å². The second-order valence-corrected chi connectivity index (χ2v) is 4.75. The lowest BCUT2D eigenvalue weighted by molar-refractivity contribution is 0.209. The lowest BCUT2D eigenvalue weighted by Gasteiger charge is -2.29. The molecule has 13 heavy (non-hydrogen) atoms. The molecule has 2 N–H and O–H groups in total. The smallest absolute Gasteiger partial charge is 0.0170 e. The van der Waals surface area contributed by atoms with Gasteiger partial charge in [0.15, 0.2) is 0 Å². The molecule has 1 fully saturated rings. The van der Waals surface area contributed by atoms with Crippen LogP contribution in [0, 0.1) is 5.92 Å². The van der Waals surface area contributed by atoms with Crippen molar-refractivity contribution in [2.75, 3.05) is 19.6 Å². The molecule has 0 aliphatic carbocycles. The number of hydrogen-bond donors (Lipinski definition) is 1. The molecule has 0 saturated carbocycles. The molecule has 0 bridgehead atoms. The van der Waals surface area contributed by atoms with Crippen LogP contribution in [-0.4, -0.2) is 30.6 Å². The zero-order valence-corrected chi connectivity index (χ0v) is 9.13. The summed E-state index contributed by atoms with van der Waals surface area (Å²) >= 11 is 0. The van der Waals surface area contributed by atoms with E-state index in [9.17, 15) is 0 Å². The van der Waals surface area contributed by atoms with E-state index in [1.807, 2.05) is 0 Å². The third-order valence-electron chi connectivity index (χ3n) is 2.72. The molecule has 1 aliphatic rings. The fourth-order valence-electron chi connectivity index (χ4n) is 2.15. The van der Waals surface area contributed by atoms with Crippen molar-refractivity contribution in [2.45, 2.75) is 45.6 Å². The first-order valence-electron chi connectivity index (χ1n) is 5.66. The van der Waals surface area contributed by atoms with Crippen LogP contribution in [0.2, 0.25) is 0 Å². The van der Waals surface area contributed by atoms with Crippen molar-refractivity contribution in [3.63, 3.8) is 0 Å². The molecule has 0 amide bonds. The molecule has 2 heteroatoms. The molecular formula is C11H24N2. The summed E-state index contributed by atoms with van der Waals surface area (Å²) in [6.45, 7) is 8.14. The molecule has 1 rings (SSSR count). The number of rotatable bonds is 4. The van der Waals surface area contributed by atoms with E-state index >= 15 is 0 Å². The van der Waals surface area contributed by atoms with Gasteiger partial charge in [0.25, 0.3) is 0 Å². The summed E-state index contributed by atoms with van der Waals surface area (Å²) in [5, 5.41) is 0. The van der Waals surface area contributed by atoms with Gasteiger partial charge in [-0.3, -0.25) is 0 Å². The van der Waals surface area contributed by atoms with E-state index in [0.29, 0.717) is 6.04 Å². The van der Waals surface area contributed by atoms with Crippen molar-refractivity contribution in [3.05, 3.63) is 0 Å². The third kappa shape index (κ3) is 4.63. The van der Waals surface area contributed by atoms with Gasteiger partial charge in [-0.2, -0.15) is 0 Å². The van der Waals surface area contributed by atoms with E-state index in [0.717, 1.165) is 18.9 Å². The molecular weight excluding hydrogens is 160 g/mol. The van der Waals surface area contributed by atoms with E-state index in [1.54, 1.807) is 0 Å². The molecule has 1 unspecified atom stereocenters. The fourth-order valence-corrected chi connectivity index (χ4v) is 2.15. The Hall–Kier alpha value is -0.0800. The summed E-state index contributed by atoms with van der Waals surface area (Å²) in [4.78, 5) is 2.52. The van der Waals surface area contributed by atoms with Gasteiger partial charge in [-0.05, 0) is 38.3 Å². The van der Waals surface area contributed by atoms with Crippen molar-refractivity contribution in [1.29, 1.82) is 0 Å². The number of piperidine rings is 1. The maximum atomic E-state index is 6.06. The van der Waals surface area contributed by atoms with Crippen molar-refractivity contribution in [2.24, 2.45) is 11.7 Å². The molecule has 0 aromatic carbocycles. The molecule has 0 aromatic heterocycles. The van der Waals surface area contributed by atoms with Gasteiger partial charge in [0.1, 0.15) is 0 Å². The van der Waals surface area contributed by atoms with Crippen LogP contribution in [-0.2, 0) is 0 Å². The predicted molar refractivity (Wildman–Crippen MR) is 57.7 cm³/mol. The molecule has 0 aromatic rings. The van der Waals surface area contributed by atoms with Crippen LogP contribution >= 0.6 is 0 Å². The minimum Gasteiger partial charge on any atom is -0.327 e. The van der Waals surface area contributed by atoms with Gasteiger partial charge in [0.2, 0.25) is 0 Å². The second-order valence-electron chi connectivity index (χ2n) is 4.75. The Morgan fingerprint density at radius 3 is 2.31 bits per heavy atom. The predicted octanol–water partition coefficient (Wildman–Crippen LogP) is 1.85. The van der Waals surface area contributed by atoms with E-state index in [2.05, 4.69) is 18.7 Å². The summed E-state index contributed by atoms with van der Waals surface area (Å²) in [5.41, 5.74) is 6.06. The normalized spacial score (nSPS) is 22.2. The summed E-state index contributed by atoms with van der Waals surface area (Å²) < 4.78 is 0. The highest BCUT2D eigenvalue weighted by atomic mass is 15.1. The van der Waals surface area contributed by atoms with Crippen LogP contribution in [0.5, 0.6) is 0 Å². The first-order valence-corrected chi connectivity index (χ1v) is 5.66. The van der Waals surface area contributed by atoms with Gasteiger partial charge in [-0.1, -0.05) is 20.3 Å². The lowest BCUT2D eigenvalue weighted by Crippen LogP contribution is -2.40. The Bertz CT molecular complexity index is 128. The van der Waals surface area contributed by atoms with Crippen LogP contribution in [0.1, 0.15) is 39.5 Å². The van der Waals surface area contributed by atoms with E-state index in [-0.39, 0.29) is 0 Å². The monoisotopic (exact) mass is 184 g/mol. The van der Waals surface area contributed by atoms with E-state index in [1.165, 1.54) is 32.4 Å². The fraction of sp³-hybridized carbons (Fsp3) is 1.00. The highest BCUT2D eigenvalue weighted by Crippen LogP contribution is 2.10. The molecule has 1 saturated heterocycles. The summed E-state index contributed by atoms with van der Waals surface area (Å²) in [6.07, 6.45) is 5.31. The topological polar surface area (TPSA) is 29.3 Å².